The summed E-state index contributed by atoms with van der Waals surface area (Å²) in [5, 5.41) is 5.05. The van der Waals surface area contributed by atoms with E-state index in [1.165, 1.54) is 12.8 Å². The SMILES string of the molecule is Cc1nn(C)c(CC(N)C2CC2)c1Cl. The Balaban J connectivity index is 2.14. The van der Waals surface area contributed by atoms with E-state index in [2.05, 4.69) is 5.10 Å². The number of rotatable bonds is 3. The number of nitrogens with two attached hydrogens (primary N) is 1. The number of aromatic nitrogens is 2. The fourth-order valence-corrected chi connectivity index (χ4v) is 2.05. The van der Waals surface area contributed by atoms with Crippen LogP contribution in [0.25, 0.3) is 0 Å². The van der Waals surface area contributed by atoms with Gasteiger partial charge in [0.2, 0.25) is 0 Å². The molecule has 14 heavy (non-hydrogen) atoms. The smallest absolute Gasteiger partial charge is 0.0847 e. The van der Waals surface area contributed by atoms with Gasteiger partial charge in [-0.2, -0.15) is 5.10 Å². The molecule has 4 heteroatoms. The number of halogens is 1. The van der Waals surface area contributed by atoms with Crippen LogP contribution in [0.1, 0.15) is 24.2 Å². The highest BCUT2D eigenvalue weighted by Crippen LogP contribution is 2.34. The minimum absolute atomic E-state index is 0.252. The van der Waals surface area contributed by atoms with Crippen molar-refractivity contribution in [3.8, 4) is 0 Å². The summed E-state index contributed by atoms with van der Waals surface area (Å²) >= 11 is 6.14. The first-order chi connectivity index (χ1) is 6.59. The Kier molecular flexibility index (Phi) is 2.54. The van der Waals surface area contributed by atoms with Gasteiger partial charge in [-0.15, -0.1) is 0 Å². The zero-order valence-corrected chi connectivity index (χ0v) is 9.38. The molecule has 2 N–H and O–H groups in total. The average molecular weight is 214 g/mol. The lowest BCUT2D eigenvalue weighted by Gasteiger charge is -2.10. The Morgan fingerprint density at radius 3 is 2.71 bits per heavy atom. The Morgan fingerprint density at radius 1 is 1.64 bits per heavy atom. The van der Waals surface area contributed by atoms with E-state index in [0.29, 0.717) is 5.92 Å². The minimum atomic E-state index is 0.252. The number of nitrogens with zero attached hydrogens (tertiary/aromatic N) is 2. The van der Waals surface area contributed by atoms with E-state index in [1.807, 2.05) is 18.7 Å². The van der Waals surface area contributed by atoms with Crippen molar-refractivity contribution >= 4 is 11.6 Å². The molecule has 0 radical (unpaired) electrons. The summed E-state index contributed by atoms with van der Waals surface area (Å²) in [4.78, 5) is 0. The zero-order valence-electron chi connectivity index (χ0n) is 8.63. The zero-order chi connectivity index (χ0) is 10.3. The molecule has 0 spiro atoms. The third-order valence-corrected chi connectivity index (χ3v) is 3.41. The monoisotopic (exact) mass is 213 g/mol. The Labute approximate surface area is 89.2 Å². The molecule has 78 valence electrons. The molecule has 1 heterocycles. The van der Waals surface area contributed by atoms with Crippen LogP contribution in [0.4, 0.5) is 0 Å². The van der Waals surface area contributed by atoms with Crippen LogP contribution in [0, 0.1) is 12.8 Å². The number of hydrogen-bond acceptors (Lipinski definition) is 2. The average Bonchev–Trinajstić information content (AvgIpc) is 2.91. The van der Waals surface area contributed by atoms with Crippen LogP contribution in [0.5, 0.6) is 0 Å². The summed E-state index contributed by atoms with van der Waals surface area (Å²) in [5.74, 6) is 0.710. The van der Waals surface area contributed by atoms with Gasteiger partial charge in [-0.3, -0.25) is 4.68 Å². The van der Waals surface area contributed by atoms with Gasteiger partial charge < -0.3 is 5.73 Å². The highest BCUT2D eigenvalue weighted by atomic mass is 35.5. The lowest BCUT2D eigenvalue weighted by atomic mass is 10.1. The molecule has 1 saturated carbocycles. The van der Waals surface area contributed by atoms with Crippen LogP contribution in [-0.2, 0) is 13.5 Å². The quantitative estimate of drug-likeness (QED) is 0.830. The van der Waals surface area contributed by atoms with Gasteiger partial charge in [0.1, 0.15) is 0 Å². The van der Waals surface area contributed by atoms with E-state index in [9.17, 15) is 0 Å². The van der Waals surface area contributed by atoms with Crippen molar-refractivity contribution < 1.29 is 0 Å². The maximum atomic E-state index is 6.14. The lowest BCUT2D eigenvalue weighted by Crippen LogP contribution is -2.26. The summed E-state index contributed by atoms with van der Waals surface area (Å²) in [6.07, 6.45) is 3.39. The van der Waals surface area contributed by atoms with E-state index in [0.717, 1.165) is 22.8 Å². The Morgan fingerprint density at radius 2 is 2.29 bits per heavy atom. The Bertz CT molecular complexity index is 341. The third-order valence-electron chi connectivity index (χ3n) is 2.92. The molecule has 1 unspecified atom stereocenters. The van der Waals surface area contributed by atoms with E-state index in [4.69, 9.17) is 17.3 Å². The summed E-state index contributed by atoms with van der Waals surface area (Å²) < 4.78 is 1.85. The van der Waals surface area contributed by atoms with Gasteiger partial charge in [0.25, 0.3) is 0 Å². The van der Waals surface area contributed by atoms with Crippen LogP contribution in [0.2, 0.25) is 5.02 Å². The van der Waals surface area contributed by atoms with Crippen molar-refractivity contribution in [2.45, 2.75) is 32.2 Å². The van der Waals surface area contributed by atoms with E-state index < -0.39 is 0 Å². The molecule has 1 aromatic heterocycles. The molecule has 0 amide bonds. The second-order valence-electron chi connectivity index (χ2n) is 4.18. The molecular formula is C10H16ClN3. The summed E-state index contributed by atoms with van der Waals surface area (Å²) in [6.45, 7) is 1.93. The van der Waals surface area contributed by atoms with Crippen molar-refractivity contribution in [2.24, 2.45) is 18.7 Å². The van der Waals surface area contributed by atoms with Crippen LogP contribution in [-0.4, -0.2) is 15.8 Å². The van der Waals surface area contributed by atoms with Crippen molar-refractivity contribution in [3.05, 3.63) is 16.4 Å². The fourth-order valence-electron chi connectivity index (χ4n) is 1.82. The topological polar surface area (TPSA) is 43.8 Å². The summed E-state index contributed by atoms with van der Waals surface area (Å²) in [5.41, 5.74) is 8.03. The van der Waals surface area contributed by atoms with Crippen LogP contribution in [0.3, 0.4) is 0 Å². The minimum Gasteiger partial charge on any atom is -0.327 e. The second-order valence-corrected chi connectivity index (χ2v) is 4.55. The highest BCUT2D eigenvalue weighted by Gasteiger charge is 2.29. The van der Waals surface area contributed by atoms with Crippen LogP contribution in [0.15, 0.2) is 0 Å². The molecule has 0 aliphatic heterocycles. The molecule has 1 aromatic rings. The van der Waals surface area contributed by atoms with Crippen LogP contribution < -0.4 is 5.73 Å². The predicted octanol–water partition coefficient (Wildman–Crippen LogP) is 1.66. The van der Waals surface area contributed by atoms with Crippen molar-refractivity contribution in [3.63, 3.8) is 0 Å². The summed E-state index contributed by atoms with van der Waals surface area (Å²) in [7, 11) is 1.92. The second kappa shape index (κ2) is 3.55. The van der Waals surface area contributed by atoms with Crippen molar-refractivity contribution in [1.82, 2.24) is 9.78 Å². The van der Waals surface area contributed by atoms with Gasteiger partial charge in [-0.1, -0.05) is 11.6 Å². The first-order valence-electron chi connectivity index (χ1n) is 5.03. The highest BCUT2D eigenvalue weighted by molar-refractivity contribution is 6.31. The van der Waals surface area contributed by atoms with Gasteiger partial charge in [0.15, 0.2) is 0 Å². The van der Waals surface area contributed by atoms with Crippen molar-refractivity contribution in [2.75, 3.05) is 0 Å². The molecule has 1 fully saturated rings. The number of aryl methyl sites for hydroxylation is 2. The molecule has 2 rings (SSSR count). The van der Waals surface area contributed by atoms with Gasteiger partial charge in [-0.25, -0.2) is 0 Å². The third kappa shape index (κ3) is 1.79. The van der Waals surface area contributed by atoms with Crippen LogP contribution >= 0.6 is 11.6 Å². The molecule has 0 aromatic carbocycles. The molecule has 0 saturated heterocycles. The molecule has 1 aliphatic rings. The molecule has 1 atom stereocenters. The van der Waals surface area contributed by atoms with Gasteiger partial charge >= 0.3 is 0 Å². The molecule has 1 aliphatic carbocycles. The standard InChI is InChI=1S/C10H16ClN3/c1-6-10(11)9(14(2)13-6)5-8(12)7-3-4-7/h7-8H,3-5,12H2,1-2H3. The van der Waals surface area contributed by atoms with Gasteiger partial charge in [0.05, 0.1) is 16.4 Å². The van der Waals surface area contributed by atoms with E-state index in [-0.39, 0.29) is 6.04 Å². The molecular weight excluding hydrogens is 198 g/mol. The first-order valence-corrected chi connectivity index (χ1v) is 5.41. The first kappa shape index (κ1) is 9.99. The van der Waals surface area contributed by atoms with E-state index in [1.54, 1.807) is 0 Å². The fraction of sp³-hybridized carbons (Fsp3) is 0.700. The van der Waals surface area contributed by atoms with Gasteiger partial charge in [0, 0.05) is 19.5 Å². The predicted molar refractivity (Wildman–Crippen MR) is 57.4 cm³/mol. The van der Waals surface area contributed by atoms with Gasteiger partial charge in [-0.05, 0) is 25.7 Å². The maximum absolute atomic E-state index is 6.14. The van der Waals surface area contributed by atoms with Crippen molar-refractivity contribution in [1.29, 1.82) is 0 Å². The normalized spacial score (nSPS) is 18.6. The molecule has 3 nitrogen and oxygen atoms in total. The Hall–Kier alpha value is -0.540. The maximum Gasteiger partial charge on any atom is 0.0847 e. The summed E-state index contributed by atoms with van der Waals surface area (Å²) in [6, 6.07) is 0.252. The van der Waals surface area contributed by atoms with E-state index >= 15 is 0 Å². The number of hydrogen-bond donors (Lipinski definition) is 1. The largest absolute Gasteiger partial charge is 0.327 e. The molecule has 0 bridgehead atoms. The lowest BCUT2D eigenvalue weighted by molar-refractivity contribution is 0.562.